The van der Waals surface area contributed by atoms with Gasteiger partial charge in [0.1, 0.15) is 0 Å². The normalized spacial score (nSPS) is 12.2. The predicted molar refractivity (Wildman–Crippen MR) is 70.4 cm³/mol. The Morgan fingerprint density at radius 1 is 1.50 bits per heavy atom. The van der Waals surface area contributed by atoms with Gasteiger partial charge in [-0.25, -0.2) is 0 Å². The van der Waals surface area contributed by atoms with E-state index in [0.29, 0.717) is 11.3 Å². The van der Waals surface area contributed by atoms with Gasteiger partial charge in [0, 0.05) is 32.0 Å². The molecule has 0 aromatic heterocycles. The Balaban J connectivity index is 2.74. The van der Waals surface area contributed by atoms with Gasteiger partial charge in [0.05, 0.1) is 12.7 Å². The average Bonchev–Trinajstić information content (AvgIpc) is 2.26. The zero-order valence-corrected chi connectivity index (χ0v) is 11.0. The Kier molecular flexibility index (Phi) is 5.12. The van der Waals surface area contributed by atoms with Crippen molar-refractivity contribution >= 4 is 11.6 Å². The maximum Gasteiger partial charge on any atom is 0.253 e. The lowest BCUT2D eigenvalue weighted by molar-refractivity contribution is 0.0380. The minimum Gasteiger partial charge on any atom is -0.399 e. The number of hydrogen-bond donors (Lipinski definition) is 2. The van der Waals surface area contributed by atoms with Gasteiger partial charge in [-0.3, -0.25) is 4.79 Å². The fourth-order valence-corrected chi connectivity index (χ4v) is 1.80. The minimum atomic E-state index is -0.689. The number of aryl methyl sites for hydroxylation is 1. The Morgan fingerprint density at radius 2 is 2.17 bits per heavy atom. The largest absolute Gasteiger partial charge is 0.399 e. The molecule has 0 radical (unpaired) electrons. The second-order valence-electron chi connectivity index (χ2n) is 4.43. The van der Waals surface area contributed by atoms with E-state index < -0.39 is 6.10 Å². The van der Waals surface area contributed by atoms with Crippen LogP contribution in [-0.2, 0) is 4.74 Å². The highest BCUT2D eigenvalue weighted by Crippen LogP contribution is 2.13. The van der Waals surface area contributed by atoms with Crippen molar-refractivity contribution in [2.75, 3.05) is 33.0 Å². The van der Waals surface area contributed by atoms with E-state index in [-0.39, 0.29) is 19.1 Å². The summed E-state index contributed by atoms with van der Waals surface area (Å²) < 4.78 is 4.82. The maximum absolute atomic E-state index is 12.1. The number of carbonyl (C=O) groups excluding carboxylic acids is 1. The SMILES string of the molecule is COCC(O)CN(C)C(=O)c1cc(C)cc(N)c1. The molecule has 18 heavy (non-hydrogen) atoms. The molecule has 1 rings (SSSR count). The Labute approximate surface area is 107 Å². The first kappa shape index (κ1) is 14.5. The summed E-state index contributed by atoms with van der Waals surface area (Å²) in [6.45, 7) is 2.31. The predicted octanol–water partition coefficient (Wildman–Crippen LogP) is 0.657. The molecule has 3 N–H and O–H groups in total. The monoisotopic (exact) mass is 252 g/mol. The van der Waals surface area contributed by atoms with Crippen LogP contribution in [-0.4, -0.2) is 49.3 Å². The van der Waals surface area contributed by atoms with Crippen molar-refractivity contribution in [3.63, 3.8) is 0 Å². The van der Waals surface area contributed by atoms with E-state index in [1.807, 2.05) is 6.92 Å². The highest BCUT2D eigenvalue weighted by molar-refractivity contribution is 5.95. The number of aliphatic hydroxyl groups is 1. The maximum atomic E-state index is 12.1. The lowest BCUT2D eigenvalue weighted by Gasteiger charge is -2.20. The molecule has 1 aromatic rings. The van der Waals surface area contributed by atoms with Crippen molar-refractivity contribution < 1.29 is 14.6 Å². The quantitative estimate of drug-likeness (QED) is 0.755. The molecule has 1 aromatic carbocycles. The molecule has 0 saturated heterocycles. The third kappa shape index (κ3) is 4.01. The second kappa shape index (κ2) is 6.37. The molecule has 5 heteroatoms. The van der Waals surface area contributed by atoms with Crippen molar-refractivity contribution in [2.45, 2.75) is 13.0 Å². The highest BCUT2D eigenvalue weighted by atomic mass is 16.5. The molecule has 1 atom stereocenters. The van der Waals surface area contributed by atoms with Gasteiger partial charge in [0.25, 0.3) is 5.91 Å². The summed E-state index contributed by atoms with van der Waals surface area (Å²) in [7, 11) is 3.14. The van der Waals surface area contributed by atoms with E-state index in [4.69, 9.17) is 10.5 Å². The number of carbonyl (C=O) groups is 1. The fourth-order valence-electron chi connectivity index (χ4n) is 1.80. The first-order valence-electron chi connectivity index (χ1n) is 5.73. The van der Waals surface area contributed by atoms with Crippen LogP contribution in [0.3, 0.4) is 0 Å². The molecule has 0 fully saturated rings. The van der Waals surface area contributed by atoms with E-state index in [1.165, 1.54) is 12.0 Å². The van der Waals surface area contributed by atoms with E-state index in [1.54, 1.807) is 25.2 Å². The van der Waals surface area contributed by atoms with Crippen LogP contribution in [0, 0.1) is 6.92 Å². The van der Waals surface area contributed by atoms with Gasteiger partial charge in [-0.2, -0.15) is 0 Å². The number of ether oxygens (including phenoxy) is 1. The van der Waals surface area contributed by atoms with E-state index >= 15 is 0 Å². The van der Waals surface area contributed by atoms with Gasteiger partial charge >= 0.3 is 0 Å². The van der Waals surface area contributed by atoms with Crippen LogP contribution in [0.15, 0.2) is 18.2 Å². The van der Waals surface area contributed by atoms with Crippen LogP contribution in [0.5, 0.6) is 0 Å². The fraction of sp³-hybridized carbons (Fsp3) is 0.462. The minimum absolute atomic E-state index is 0.166. The summed E-state index contributed by atoms with van der Waals surface area (Å²) >= 11 is 0. The number of methoxy groups -OCH3 is 1. The van der Waals surface area contributed by atoms with E-state index in [9.17, 15) is 9.90 Å². The van der Waals surface area contributed by atoms with Crippen LogP contribution < -0.4 is 5.73 Å². The Bertz CT molecular complexity index is 400. The summed E-state index contributed by atoms with van der Waals surface area (Å²) in [6.07, 6.45) is -0.689. The van der Waals surface area contributed by atoms with Gasteiger partial charge < -0.3 is 20.5 Å². The van der Waals surface area contributed by atoms with E-state index in [0.717, 1.165) is 5.56 Å². The molecule has 0 aliphatic carbocycles. The number of aliphatic hydroxyl groups excluding tert-OH is 1. The van der Waals surface area contributed by atoms with Crippen molar-refractivity contribution in [3.8, 4) is 0 Å². The molecule has 1 unspecified atom stereocenters. The Morgan fingerprint density at radius 3 is 2.72 bits per heavy atom. The summed E-state index contributed by atoms with van der Waals surface area (Å²) in [5.41, 5.74) is 7.73. The number of rotatable bonds is 5. The van der Waals surface area contributed by atoms with Gasteiger partial charge in [-0.15, -0.1) is 0 Å². The van der Waals surface area contributed by atoms with Gasteiger partial charge in [0.15, 0.2) is 0 Å². The number of anilines is 1. The number of hydrogen-bond acceptors (Lipinski definition) is 4. The summed E-state index contributed by atoms with van der Waals surface area (Å²) in [6, 6.07) is 5.21. The van der Waals surface area contributed by atoms with Crippen LogP contribution in [0.4, 0.5) is 5.69 Å². The number of amides is 1. The highest BCUT2D eigenvalue weighted by Gasteiger charge is 2.15. The molecule has 1 amide bonds. The van der Waals surface area contributed by atoms with Crippen molar-refractivity contribution in [2.24, 2.45) is 0 Å². The molecular formula is C13H20N2O3. The Hall–Kier alpha value is -1.59. The standard InChI is InChI=1S/C13H20N2O3/c1-9-4-10(6-11(14)5-9)13(17)15(2)7-12(16)8-18-3/h4-6,12,16H,7-8,14H2,1-3H3. The third-order valence-corrected chi connectivity index (χ3v) is 2.54. The van der Waals surface area contributed by atoms with Crippen LogP contribution in [0.1, 0.15) is 15.9 Å². The number of benzene rings is 1. The van der Waals surface area contributed by atoms with Gasteiger partial charge in [-0.05, 0) is 30.7 Å². The smallest absolute Gasteiger partial charge is 0.253 e. The molecular weight excluding hydrogens is 232 g/mol. The number of nitrogens with two attached hydrogens (primary N) is 1. The third-order valence-electron chi connectivity index (χ3n) is 2.54. The van der Waals surface area contributed by atoms with E-state index in [2.05, 4.69) is 0 Å². The molecule has 0 spiro atoms. The van der Waals surface area contributed by atoms with Crippen molar-refractivity contribution in [1.82, 2.24) is 4.90 Å². The van der Waals surface area contributed by atoms with Crippen LogP contribution in [0.25, 0.3) is 0 Å². The number of likely N-dealkylation sites (N-methyl/N-ethyl adjacent to an activating group) is 1. The number of nitrogens with zero attached hydrogens (tertiary/aromatic N) is 1. The summed E-state index contributed by atoms with van der Waals surface area (Å²) in [5.74, 6) is -0.166. The molecule has 5 nitrogen and oxygen atoms in total. The molecule has 0 aliphatic heterocycles. The molecule has 0 saturated carbocycles. The first-order valence-corrected chi connectivity index (χ1v) is 5.73. The van der Waals surface area contributed by atoms with Crippen molar-refractivity contribution in [3.05, 3.63) is 29.3 Å². The molecule has 100 valence electrons. The van der Waals surface area contributed by atoms with Crippen LogP contribution in [0.2, 0.25) is 0 Å². The first-order chi connectivity index (χ1) is 8.43. The number of nitrogen functional groups attached to an aromatic ring is 1. The van der Waals surface area contributed by atoms with Gasteiger partial charge in [-0.1, -0.05) is 0 Å². The van der Waals surface area contributed by atoms with Gasteiger partial charge in [0.2, 0.25) is 0 Å². The average molecular weight is 252 g/mol. The zero-order chi connectivity index (χ0) is 13.7. The lowest BCUT2D eigenvalue weighted by atomic mass is 10.1. The molecule has 0 aliphatic rings. The van der Waals surface area contributed by atoms with Crippen molar-refractivity contribution in [1.29, 1.82) is 0 Å². The second-order valence-corrected chi connectivity index (χ2v) is 4.43. The summed E-state index contributed by atoms with van der Waals surface area (Å²) in [4.78, 5) is 13.6. The molecule has 0 heterocycles. The van der Waals surface area contributed by atoms with Crippen LogP contribution >= 0.6 is 0 Å². The molecule has 0 bridgehead atoms. The zero-order valence-electron chi connectivity index (χ0n) is 11.0. The topological polar surface area (TPSA) is 75.8 Å². The lowest BCUT2D eigenvalue weighted by Crippen LogP contribution is -2.36. The summed E-state index contributed by atoms with van der Waals surface area (Å²) in [5, 5.41) is 9.58.